The Kier molecular flexibility index (Phi) is 6.11. The van der Waals surface area contributed by atoms with E-state index < -0.39 is 11.4 Å². The van der Waals surface area contributed by atoms with Crippen LogP contribution in [0.15, 0.2) is 42.6 Å². The summed E-state index contributed by atoms with van der Waals surface area (Å²) in [5, 5.41) is 11.4. The van der Waals surface area contributed by atoms with Gasteiger partial charge in [0.25, 0.3) is 0 Å². The molecule has 3 heterocycles. The van der Waals surface area contributed by atoms with Crippen molar-refractivity contribution in [3.63, 3.8) is 0 Å². The number of aliphatic carboxylic acids is 1. The van der Waals surface area contributed by atoms with Crippen molar-refractivity contribution in [2.75, 3.05) is 6.54 Å². The van der Waals surface area contributed by atoms with Gasteiger partial charge in [-0.1, -0.05) is 23.7 Å². The number of pyridine rings is 1. The molecule has 0 spiro atoms. The predicted molar refractivity (Wildman–Crippen MR) is 132 cm³/mol. The molecule has 0 bridgehead atoms. The smallest absolute Gasteiger partial charge is 0.309 e. The third-order valence-electron chi connectivity index (χ3n) is 7.81. The van der Waals surface area contributed by atoms with Crippen LogP contribution in [0.3, 0.4) is 0 Å². The van der Waals surface area contributed by atoms with Crippen molar-refractivity contribution in [2.45, 2.75) is 58.5 Å². The summed E-state index contributed by atoms with van der Waals surface area (Å²) >= 11 is 6.08. The van der Waals surface area contributed by atoms with Crippen LogP contribution in [0.5, 0.6) is 0 Å². The SMILES string of the molecule is C[C@]1(C(=O)O)CC[C@H](CC(=O)N2CCc3c(n(Cc4ccc(Cl)cc4)c4ncccc34)C2)CC1. The number of halogens is 1. The molecule has 178 valence electrons. The zero-order valence-electron chi connectivity index (χ0n) is 19.5. The van der Waals surface area contributed by atoms with Gasteiger partial charge in [0, 0.05) is 41.8 Å². The van der Waals surface area contributed by atoms with Crippen LogP contribution in [-0.2, 0) is 29.1 Å². The largest absolute Gasteiger partial charge is 0.481 e. The molecule has 0 unspecified atom stereocenters. The number of benzene rings is 1. The quantitative estimate of drug-likeness (QED) is 0.539. The van der Waals surface area contributed by atoms with E-state index in [1.54, 1.807) is 0 Å². The number of carbonyl (C=O) groups excluding carboxylic acids is 1. The van der Waals surface area contributed by atoms with Crippen molar-refractivity contribution in [2.24, 2.45) is 11.3 Å². The molecular formula is C27H30ClN3O3. The van der Waals surface area contributed by atoms with E-state index in [0.717, 1.165) is 36.2 Å². The first-order valence-electron chi connectivity index (χ1n) is 12.0. The summed E-state index contributed by atoms with van der Waals surface area (Å²) in [5.74, 6) is -0.281. The Bertz CT molecular complexity index is 1230. The number of nitrogens with zero attached hydrogens (tertiary/aromatic N) is 3. The summed E-state index contributed by atoms with van der Waals surface area (Å²) in [6.45, 7) is 3.80. The van der Waals surface area contributed by atoms with E-state index in [9.17, 15) is 14.7 Å². The first-order valence-corrected chi connectivity index (χ1v) is 12.4. The number of rotatable bonds is 5. The molecule has 34 heavy (non-hydrogen) atoms. The number of carbonyl (C=O) groups is 2. The first kappa shape index (κ1) is 22.9. The predicted octanol–water partition coefficient (Wildman–Crippen LogP) is 5.29. The molecule has 0 radical (unpaired) electrons. The van der Waals surface area contributed by atoms with Gasteiger partial charge in [0.15, 0.2) is 0 Å². The van der Waals surface area contributed by atoms with Crippen molar-refractivity contribution in [3.05, 3.63) is 64.4 Å². The molecule has 2 aliphatic rings. The highest BCUT2D eigenvalue weighted by atomic mass is 35.5. The number of aromatic nitrogens is 2. The fourth-order valence-corrected chi connectivity index (χ4v) is 5.65. The van der Waals surface area contributed by atoms with Crippen LogP contribution in [0, 0.1) is 11.3 Å². The Labute approximate surface area is 204 Å². The number of carboxylic acids is 1. The maximum atomic E-state index is 13.3. The molecule has 1 aromatic carbocycles. The molecule has 1 fully saturated rings. The van der Waals surface area contributed by atoms with Gasteiger partial charge >= 0.3 is 5.97 Å². The van der Waals surface area contributed by atoms with Gasteiger partial charge in [-0.2, -0.15) is 0 Å². The second-order valence-electron chi connectivity index (χ2n) is 10.1. The lowest BCUT2D eigenvalue weighted by Crippen LogP contribution is -2.39. The van der Waals surface area contributed by atoms with Gasteiger partial charge in [-0.15, -0.1) is 0 Å². The summed E-state index contributed by atoms with van der Waals surface area (Å²) < 4.78 is 2.24. The lowest BCUT2D eigenvalue weighted by molar-refractivity contribution is -0.150. The summed E-state index contributed by atoms with van der Waals surface area (Å²) in [4.78, 5) is 31.5. The van der Waals surface area contributed by atoms with Gasteiger partial charge in [0.05, 0.1) is 12.0 Å². The van der Waals surface area contributed by atoms with Gasteiger partial charge < -0.3 is 14.6 Å². The van der Waals surface area contributed by atoms with E-state index in [-0.39, 0.29) is 11.8 Å². The number of fused-ring (bicyclic) bond motifs is 3. The molecule has 0 saturated heterocycles. The minimum absolute atomic E-state index is 0.172. The van der Waals surface area contributed by atoms with E-state index in [1.165, 1.54) is 10.9 Å². The molecule has 1 aliphatic heterocycles. The van der Waals surface area contributed by atoms with E-state index in [1.807, 2.05) is 48.4 Å². The van der Waals surface area contributed by atoms with Gasteiger partial charge in [-0.25, -0.2) is 4.98 Å². The van der Waals surface area contributed by atoms with Crippen LogP contribution in [0.1, 0.15) is 55.8 Å². The van der Waals surface area contributed by atoms with Gasteiger partial charge in [0.2, 0.25) is 5.91 Å². The molecule has 7 heteroatoms. The van der Waals surface area contributed by atoms with Crippen LogP contribution in [0.25, 0.3) is 11.0 Å². The average Bonchev–Trinajstić information content (AvgIpc) is 3.15. The van der Waals surface area contributed by atoms with Crippen LogP contribution in [0.2, 0.25) is 5.02 Å². The van der Waals surface area contributed by atoms with Crippen molar-refractivity contribution < 1.29 is 14.7 Å². The van der Waals surface area contributed by atoms with Crippen molar-refractivity contribution >= 4 is 34.5 Å². The standard InChI is InChI=1S/C27H30ClN3O3/c1-27(26(33)34)11-8-18(9-12-27)15-24(32)30-14-10-21-22-3-2-13-29-25(22)31(23(21)17-30)16-19-4-6-20(28)7-5-19/h2-7,13,18H,8-12,14-17H2,1H3,(H,33,34)/t18-,27-. The highest BCUT2D eigenvalue weighted by Crippen LogP contribution is 2.40. The van der Waals surface area contributed by atoms with Crippen LogP contribution in [-0.4, -0.2) is 38.0 Å². The third-order valence-corrected chi connectivity index (χ3v) is 8.06. The van der Waals surface area contributed by atoms with Crippen molar-refractivity contribution in [3.8, 4) is 0 Å². The monoisotopic (exact) mass is 479 g/mol. The Morgan fingerprint density at radius 2 is 1.91 bits per heavy atom. The van der Waals surface area contributed by atoms with E-state index in [2.05, 4.69) is 15.6 Å². The highest BCUT2D eigenvalue weighted by molar-refractivity contribution is 6.30. The molecule has 1 aliphatic carbocycles. The number of carboxylic acid groups (broad SMARTS) is 1. The minimum atomic E-state index is -0.719. The molecule has 1 saturated carbocycles. The Balaban J connectivity index is 1.34. The normalized spacial score (nSPS) is 22.5. The maximum Gasteiger partial charge on any atom is 0.309 e. The number of hydrogen-bond acceptors (Lipinski definition) is 3. The fourth-order valence-electron chi connectivity index (χ4n) is 5.52. The van der Waals surface area contributed by atoms with Crippen LogP contribution >= 0.6 is 11.6 Å². The second kappa shape index (κ2) is 9.06. The van der Waals surface area contributed by atoms with Crippen molar-refractivity contribution in [1.29, 1.82) is 0 Å². The van der Waals surface area contributed by atoms with Crippen LogP contribution in [0.4, 0.5) is 0 Å². The third kappa shape index (κ3) is 4.31. The van der Waals surface area contributed by atoms with Gasteiger partial charge in [-0.05, 0) is 80.3 Å². The minimum Gasteiger partial charge on any atom is -0.481 e. The maximum absolute atomic E-state index is 13.3. The number of hydrogen-bond donors (Lipinski definition) is 1. The lowest BCUT2D eigenvalue weighted by Gasteiger charge is -2.35. The summed E-state index contributed by atoms with van der Waals surface area (Å²) in [6, 6.07) is 12.0. The molecule has 1 amide bonds. The zero-order valence-corrected chi connectivity index (χ0v) is 20.2. The number of amides is 1. The van der Waals surface area contributed by atoms with Gasteiger partial charge in [-0.3, -0.25) is 9.59 Å². The summed E-state index contributed by atoms with van der Waals surface area (Å²) in [7, 11) is 0. The van der Waals surface area contributed by atoms with E-state index in [0.29, 0.717) is 43.9 Å². The van der Waals surface area contributed by atoms with Gasteiger partial charge in [0.1, 0.15) is 5.65 Å². The molecule has 3 aromatic rings. The molecular weight excluding hydrogens is 450 g/mol. The molecule has 1 N–H and O–H groups in total. The summed E-state index contributed by atoms with van der Waals surface area (Å²) in [5.41, 5.74) is 3.90. The Morgan fingerprint density at radius 3 is 2.62 bits per heavy atom. The summed E-state index contributed by atoms with van der Waals surface area (Å²) in [6.07, 6.45) is 6.03. The van der Waals surface area contributed by atoms with E-state index >= 15 is 0 Å². The zero-order chi connectivity index (χ0) is 23.9. The van der Waals surface area contributed by atoms with Crippen LogP contribution < -0.4 is 0 Å². The highest BCUT2D eigenvalue weighted by Gasteiger charge is 2.38. The lowest BCUT2D eigenvalue weighted by atomic mass is 9.71. The topological polar surface area (TPSA) is 75.4 Å². The Hall–Kier alpha value is -2.86. The fraction of sp³-hybridized carbons (Fsp3) is 0.444. The molecule has 0 atom stereocenters. The van der Waals surface area contributed by atoms with Crippen molar-refractivity contribution in [1.82, 2.24) is 14.5 Å². The molecule has 5 rings (SSSR count). The Morgan fingerprint density at radius 1 is 1.18 bits per heavy atom. The second-order valence-corrected chi connectivity index (χ2v) is 10.5. The molecule has 6 nitrogen and oxygen atoms in total. The first-order chi connectivity index (χ1) is 16.3. The molecule has 2 aromatic heterocycles. The average molecular weight is 480 g/mol. The van der Waals surface area contributed by atoms with E-state index in [4.69, 9.17) is 11.6 Å².